The Hall–Kier alpha value is -5.32. The van der Waals surface area contributed by atoms with Gasteiger partial charge in [0.05, 0.1) is 32.8 Å². The summed E-state index contributed by atoms with van der Waals surface area (Å²) in [7, 11) is -10.0. The molecule has 0 aromatic carbocycles. The van der Waals surface area contributed by atoms with Gasteiger partial charge in [-0.2, -0.15) is 0 Å². The molecule has 0 amide bonds. The maximum absolute atomic E-state index is 13.1. The number of carbonyl (C=O) groups excluding carboxylic acids is 4. The van der Waals surface area contributed by atoms with Crippen molar-refractivity contribution in [2.75, 3.05) is 39.6 Å². The van der Waals surface area contributed by atoms with Crippen LogP contribution in [0.5, 0.6) is 0 Å². The van der Waals surface area contributed by atoms with Gasteiger partial charge in [-0.25, -0.2) is 9.13 Å². The molecule has 0 saturated carbocycles. The van der Waals surface area contributed by atoms with E-state index in [-0.39, 0.29) is 25.7 Å². The summed E-state index contributed by atoms with van der Waals surface area (Å²) in [6.07, 6.45) is 80.0. The molecule has 0 aliphatic heterocycles. The van der Waals surface area contributed by atoms with Gasteiger partial charge in [0, 0.05) is 19.3 Å². The van der Waals surface area contributed by atoms with E-state index in [0.717, 1.165) is 122 Å². The van der Waals surface area contributed by atoms with Crippen LogP contribution in [0, 0.1) is 0 Å². The third-order valence-electron chi connectivity index (χ3n) is 14.5. The lowest BCUT2D eigenvalue weighted by atomic mass is 10.0. The van der Waals surface area contributed by atoms with Crippen LogP contribution in [-0.4, -0.2) is 96.7 Å². The van der Waals surface area contributed by atoms with E-state index in [9.17, 15) is 43.2 Å². The van der Waals surface area contributed by atoms with E-state index in [1.165, 1.54) is 51.4 Å². The van der Waals surface area contributed by atoms with Crippen molar-refractivity contribution in [2.24, 2.45) is 0 Å². The van der Waals surface area contributed by atoms with Crippen LogP contribution in [0.2, 0.25) is 0 Å². The number of rotatable bonds is 67. The number of ether oxygens (including phenoxy) is 4. The van der Waals surface area contributed by atoms with E-state index in [1.807, 2.05) is 18.2 Å². The Labute approximate surface area is 591 Å². The molecule has 0 aliphatic rings. The predicted octanol–water partition coefficient (Wildman–Crippen LogP) is 20.9. The van der Waals surface area contributed by atoms with E-state index in [1.54, 1.807) is 6.08 Å². The Morgan fingerprint density at radius 2 is 0.571 bits per heavy atom. The fourth-order valence-corrected chi connectivity index (χ4v) is 10.6. The summed E-state index contributed by atoms with van der Waals surface area (Å²) in [5.41, 5.74) is 0. The summed E-state index contributed by atoms with van der Waals surface area (Å²) in [4.78, 5) is 72.7. The first kappa shape index (κ1) is 92.7. The number of esters is 4. The van der Waals surface area contributed by atoms with E-state index in [2.05, 4.69) is 161 Å². The molecule has 5 atom stereocenters. The molecule has 0 bridgehead atoms. The molecular weight excluding hydrogens is 1280 g/mol. The Kier molecular flexibility index (Phi) is 66.3. The second-order valence-electron chi connectivity index (χ2n) is 23.8. The molecule has 17 nitrogen and oxygen atoms in total. The molecule has 0 aromatic rings. The van der Waals surface area contributed by atoms with Crippen LogP contribution in [-0.2, 0) is 65.4 Å². The molecule has 0 rings (SSSR count). The molecule has 0 aliphatic carbocycles. The zero-order chi connectivity index (χ0) is 71.8. The summed E-state index contributed by atoms with van der Waals surface area (Å²) in [5.74, 6) is -2.43. The molecule has 0 radical (unpaired) electrons. The first-order chi connectivity index (χ1) is 47.7. The number of aliphatic hydroxyl groups is 1. The van der Waals surface area contributed by atoms with Crippen LogP contribution in [0.3, 0.4) is 0 Å². The number of phosphoric ester groups is 2. The predicted molar refractivity (Wildman–Crippen MR) is 399 cm³/mol. The van der Waals surface area contributed by atoms with Gasteiger partial charge in [-0.3, -0.25) is 37.3 Å². The Balaban J connectivity index is 5.50. The first-order valence-electron chi connectivity index (χ1n) is 36.7. The number of hydrogen-bond donors (Lipinski definition) is 3. The molecule has 0 aromatic heterocycles. The number of aliphatic hydroxyl groups excluding tert-OH is 1. The normalized spacial score (nSPS) is 14.9. The van der Waals surface area contributed by atoms with Gasteiger partial charge < -0.3 is 33.8 Å². The maximum Gasteiger partial charge on any atom is 0.472 e. The van der Waals surface area contributed by atoms with Gasteiger partial charge in [0.1, 0.15) is 19.3 Å². The van der Waals surface area contributed by atoms with Gasteiger partial charge in [0.15, 0.2) is 12.2 Å². The molecule has 0 fully saturated rings. The summed E-state index contributed by atoms with van der Waals surface area (Å²) >= 11 is 0. The van der Waals surface area contributed by atoms with Crippen molar-refractivity contribution in [1.82, 2.24) is 0 Å². The summed E-state index contributed by atoms with van der Waals surface area (Å²) < 4.78 is 68.2. The van der Waals surface area contributed by atoms with E-state index >= 15 is 0 Å². The second kappa shape index (κ2) is 70.1. The van der Waals surface area contributed by atoms with Crippen molar-refractivity contribution in [2.45, 2.75) is 277 Å². The fraction of sp³-hybridized carbons (Fsp3) is 0.620. The molecular formula is C79H128O17P2. The highest BCUT2D eigenvalue weighted by Gasteiger charge is 2.30. The van der Waals surface area contributed by atoms with Crippen LogP contribution < -0.4 is 0 Å². The van der Waals surface area contributed by atoms with E-state index in [4.69, 9.17) is 37.0 Å². The number of unbranched alkanes of at least 4 members (excludes halogenated alkanes) is 16. The highest BCUT2D eigenvalue weighted by Crippen LogP contribution is 2.45. The maximum atomic E-state index is 13.1. The van der Waals surface area contributed by atoms with Crippen molar-refractivity contribution in [3.63, 3.8) is 0 Å². The molecule has 556 valence electrons. The lowest BCUT2D eigenvalue weighted by molar-refractivity contribution is -0.161. The lowest BCUT2D eigenvalue weighted by Crippen LogP contribution is -2.30. The molecule has 3 N–H and O–H groups in total. The zero-order valence-corrected chi connectivity index (χ0v) is 62.2. The average molecular weight is 1410 g/mol. The minimum absolute atomic E-state index is 0.0262. The van der Waals surface area contributed by atoms with Crippen LogP contribution >= 0.6 is 15.6 Å². The SMILES string of the molecule is CC/C=C\C/C=C\C/C=C\C/C=C\C/C=C\CC(=O)OCC(COP(=O)(O)OCC(O)COP(=O)(O)OCC(COC(=O)CCCC/C=C\C/C=C\C/C=C\C/C=C\CC)OC(=O)CCCC/C=C\C/C=C\C/C=C\C/C=C\CC)OC(=O)CCCCCCCCCCCCCCC. The Morgan fingerprint density at radius 1 is 0.306 bits per heavy atom. The highest BCUT2D eigenvalue weighted by molar-refractivity contribution is 7.47. The molecule has 0 saturated heterocycles. The van der Waals surface area contributed by atoms with Crippen molar-refractivity contribution >= 4 is 39.5 Å². The van der Waals surface area contributed by atoms with E-state index < -0.39 is 97.5 Å². The molecule has 0 heterocycles. The lowest BCUT2D eigenvalue weighted by Gasteiger charge is -2.21. The number of carbonyl (C=O) groups is 4. The van der Waals surface area contributed by atoms with Crippen LogP contribution in [0.15, 0.2) is 158 Å². The number of allylic oxidation sites excluding steroid dienone is 25. The smallest absolute Gasteiger partial charge is 0.462 e. The quantitative estimate of drug-likeness (QED) is 0.0169. The minimum atomic E-state index is -5.00. The summed E-state index contributed by atoms with van der Waals surface area (Å²) in [6, 6.07) is 0. The van der Waals surface area contributed by atoms with Crippen molar-refractivity contribution in [1.29, 1.82) is 0 Å². The van der Waals surface area contributed by atoms with Gasteiger partial charge in [-0.1, -0.05) is 263 Å². The molecule has 19 heteroatoms. The van der Waals surface area contributed by atoms with Crippen molar-refractivity contribution in [3.05, 3.63) is 158 Å². The zero-order valence-electron chi connectivity index (χ0n) is 60.4. The van der Waals surface area contributed by atoms with Crippen molar-refractivity contribution < 1.29 is 80.2 Å². The van der Waals surface area contributed by atoms with Gasteiger partial charge in [-0.15, -0.1) is 0 Å². The van der Waals surface area contributed by atoms with Crippen molar-refractivity contribution in [3.8, 4) is 0 Å². The third-order valence-corrected chi connectivity index (χ3v) is 16.4. The van der Waals surface area contributed by atoms with Gasteiger partial charge >= 0.3 is 39.5 Å². The topological polar surface area (TPSA) is 237 Å². The summed E-state index contributed by atoms with van der Waals surface area (Å²) in [5, 5.41) is 10.6. The Morgan fingerprint density at radius 3 is 0.908 bits per heavy atom. The van der Waals surface area contributed by atoms with Crippen LogP contribution in [0.1, 0.15) is 259 Å². The standard InChI is InChI=1S/C79H128O17P2/c1-5-9-13-17-21-25-29-33-36-40-43-47-51-55-59-63-76(81)89-69-74(95-78(83)65-61-57-53-49-45-39-32-28-24-20-16-12-8-4)71-93-97(85,86)91-67-73(80)68-92-98(87,88)94-72-75(96-79(84)66-62-58-54-50-46-42-38-35-31-27-23-19-15-11-7-3)70-90-77(82)64-60-56-52-48-44-41-37-34-30-26-22-18-14-10-6-2/h9-11,13-15,21-23,25-27,33-38,43-44,46-48,50,55,59,73-75,80H,5-8,12,16-20,24,28-32,39-42,45,49,51-54,56-58,60-72H2,1-4H3,(H,85,86)(H,87,88)/b13-9-,14-10-,15-11-,25-21-,26-22-,27-23-,36-33-,37-34-,38-35-,47-43-,48-44-,50-46-,59-55-. The number of phosphoric acid groups is 2. The molecule has 0 spiro atoms. The first-order valence-corrected chi connectivity index (χ1v) is 39.7. The van der Waals surface area contributed by atoms with Gasteiger partial charge in [-0.05, 0) is 128 Å². The minimum Gasteiger partial charge on any atom is -0.462 e. The van der Waals surface area contributed by atoms with Crippen LogP contribution in [0.25, 0.3) is 0 Å². The van der Waals surface area contributed by atoms with Gasteiger partial charge in [0.25, 0.3) is 0 Å². The average Bonchev–Trinajstić information content (AvgIpc) is 0.959. The summed E-state index contributed by atoms with van der Waals surface area (Å²) in [6.45, 7) is 4.28. The van der Waals surface area contributed by atoms with Crippen LogP contribution in [0.4, 0.5) is 0 Å². The monoisotopic (exact) mass is 1410 g/mol. The number of hydrogen-bond acceptors (Lipinski definition) is 15. The third kappa shape index (κ3) is 69.2. The Bertz CT molecular complexity index is 2480. The van der Waals surface area contributed by atoms with Gasteiger partial charge in [0.2, 0.25) is 0 Å². The molecule has 5 unspecified atom stereocenters. The highest BCUT2D eigenvalue weighted by atomic mass is 31.2. The largest absolute Gasteiger partial charge is 0.472 e. The second-order valence-corrected chi connectivity index (χ2v) is 26.7. The fourth-order valence-electron chi connectivity index (χ4n) is 9.04. The van der Waals surface area contributed by atoms with E-state index in [0.29, 0.717) is 32.1 Å². The molecule has 98 heavy (non-hydrogen) atoms.